The maximum absolute atomic E-state index is 10.6. The van der Waals surface area contributed by atoms with Gasteiger partial charge in [0.1, 0.15) is 6.09 Å². The molecule has 62 valence electrons. The van der Waals surface area contributed by atoms with E-state index >= 15 is 0 Å². The molecule has 0 spiro atoms. The fourth-order valence-electron chi connectivity index (χ4n) is 1.53. The Morgan fingerprint density at radius 1 is 1.38 bits per heavy atom. The molecular formula is C9H8LiNO2. The van der Waals surface area contributed by atoms with Gasteiger partial charge in [0.15, 0.2) is 0 Å². The van der Waals surface area contributed by atoms with Gasteiger partial charge in [-0.1, -0.05) is 18.2 Å². The molecule has 2 rings (SSSR count). The summed E-state index contributed by atoms with van der Waals surface area (Å²) in [5.41, 5.74) is 1.86. The monoisotopic (exact) mass is 169 g/mol. The number of hydrogen-bond acceptors (Lipinski definition) is 2. The molecule has 3 nitrogen and oxygen atoms in total. The SMILES string of the molecule is O=C([O-])N1CCc2ccccc21.[Li+]. The Morgan fingerprint density at radius 3 is 2.77 bits per heavy atom. The van der Waals surface area contributed by atoms with Crippen LogP contribution in [0.5, 0.6) is 0 Å². The van der Waals surface area contributed by atoms with Gasteiger partial charge in [0, 0.05) is 12.2 Å². The van der Waals surface area contributed by atoms with Crippen LogP contribution < -0.4 is 28.9 Å². The van der Waals surface area contributed by atoms with Crippen LogP contribution in [0.15, 0.2) is 24.3 Å². The first-order chi connectivity index (χ1) is 5.79. The molecule has 0 aliphatic carbocycles. The van der Waals surface area contributed by atoms with Crippen LogP contribution in [0, 0.1) is 0 Å². The van der Waals surface area contributed by atoms with E-state index in [9.17, 15) is 9.90 Å². The van der Waals surface area contributed by atoms with E-state index in [4.69, 9.17) is 0 Å². The van der Waals surface area contributed by atoms with E-state index in [0.29, 0.717) is 6.54 Å². The van der Waals surface area contributed by atoms with Crippen molar-refractivity contribution in [1.82, 2.24) is 0 Å². The molecule has 0 atom stereocenters. The van der Waals surface area contributed by atoms with Crippen LogP contribution in [0.3, 0.4) is 0 Å². The van der Waals surface area contributed by atoms with E-state index in [1.54, 1.807) is 6.07 Å². The van der Waals surface area contributed by atoms with Gasteiger partial charge in [-0.05, 0) is 18.1 Å². The number of para-hydroxylation sites is 1. The van der Waals surface area contributed by atoms with E-state index in [-0.39, 0.29) is 18.9 Å². The summed E-state index contributed by atoms with van der Waals surface area (Å²) in [7, 11) is 0. The summed E-state index contributed by atoms with van der Waals surface area (Å²) in [6.45, 7) is 0.529. The summed E-state index contributed by atoms with van der Waals surface area (Å²) in [5, 5.41) is 10.6. The van der Waals surface area contributed by atoms with Gasteiger partial charge >= 0.3 is 18.9 Å². The fourth-order valence-corrected chi connectivity index (χ4v) is 1.53. The first-order valence-electron chi connectivity index (χ1n) is 3.85. The number of rotatable bonds is 0. The van der Waals surface area contributed by atoms with Crippen molar-refractivity contribution in [2.75, 3.05) is 11.4 Å². The fraction of sp³-hybridized carbons (Fsp3) is 0.222. The van der Waals surface area contributed by atoms with Crippen LogP contribution in [-0.4, -0.2) is 12.6 Å². The molecule has 1 aromatic carbocycles. The number of amides is 1. The Balaban J connectivity index is 0.000000845. The minimum absolute atomic E-state index is 0. The van der Waals surface area contributed by atoms with Crippen LogP contribution in [0.2, 0.25) is 0 Å². The Morgan fingerprint density at radius 2 is 2.08 bits per heavy atom. The quantitative estimate of drug-likeness (QED) is 0.399. The second-order valence-corrected chi connectivity index (χ2v) is 2.80. The molecule has 1 aliphatic heterocycles. The Bertz CT molecular complexity index is 327. The maximum Gasteiger partial charge on any atom is 1.00 e. The van der Waals surface area contributed by atoms with Crippen LogP contribution in [-0.2, 0) is 6.42 Å². The number of carbonyl (C=O) groups excluding carboxylic acids is 1. The molecule has 0 unspecified atom stereocenters. The third kappa shape index (κ3) is 1.72. The summed E-state index contributed by atoms with van der Waals surface area (Å²) in [4.78, 5) is 11.9. The third-order valence-corrected chi connectivity index (χ3v) is 2.11. The molecule has 0 N–H and O–H groups in total. The molecule has 0 bridgehead atoms. The predicted octanol–water partition coefficient (Wildman–Crippen LogP) is -2.60. The van der Waals surface area contributed by atoms with E-state index in [2.05, 4.69) is 0 Å². The molecular weight excluding hydrogens is 161 g/mol. The standard InChI is InChI=1S/C9H9NO2.Li/c11-9(12)10-6-5-7-3-1-2-4-8(7)10;/h1-4H,5-6H2,(H,11,12);/q;+1/p-1. The summed E-state index contributed by atoms with van der Waals surface area (Å²) < 4.78 is 0. The average molecular weight is 169 g/mol. The average Bonchev–Trinajstić information content (AvgIpc) is 2.47. The zero-order valence-electron chi connectivity index (χ0n) is 7.49. The van der Waals surface area contributed by atoms with E-state index in [1.807, 2.05) is 18.2 Å². The Hall–Kier alpha value is -0.913. The van der Waals surface area contributed by atoms with Crippen LogP contribution in [0.25, 0.3) is 0 Å². The number of fused-ring (bicyclic) bond motifs is 1. The second kappa shape index (κ2) is 3.86. The van der Waals surface area contributed by atoms with Crippen molar-refractivity contribution in [1.29, 1.82) is 0 Å². The van der Waals surface area contributed by atoms with Crippen LogP contribution >= 0.6 is 0 Å². The molecule has 0 fully saturated rings. The van der Waals surface area contributed by atoms with E-state index in [1.165, 1.54) is 4.90 Å². The number of anilines is 1. The topological polar surface area (TPSA) is 43.4 Å². The van der Waals surface area contributed by atoms with Crippen molar-refractivity contribution in [2.45, 2.75) is 6.42 Å². The summed E-state index contributed by atoms with van der Waals surface area (Å²) in [5.74, 6) is 0. The minimum atomic E-state index is -1.11. The molecule has 0 saturated heterocycles. The first-order valence-corrected chi connectivity index (χ1v) is 3.85. The molecule has 1 heterocycles. The third-order valence-electron chi connectivity index (χ3n) is 2.11. The van der Waals surface area contributed by atoms with Gasteiger partial charge in [-0.3, -0.25) is 0 Å². The molecule has 1 aliphatic rings. The van der Waals surface area contributed by atoms with Gasteiger partial charge in [0.2, 0.25) is 0 Å². The Kier molecular flexibility index (Phi) is 3.02. The first kappa shape index (κ1) is 10.2. The number of benzene rings is 1. The van der Waals surface area contributed by atoms with Gasteiger partial charge in [0.05, 0.1) is 0 Å². The van der Waals surface area contributed by atoms with Crippen molar-refractivity contribution in [2.24, 2.45) is 0 Å². The van der Waals surface area contributed by atoms with Crippen LogP contribution in [0.4, 0.5) is 10.5 Å². The van der Waals surface area contributed by atoms with Gasteiger partial charge in [-0.15, -0.1) is 0 Å². The maximum atomic E-state index is 10.6. The number of carbonyl (C=O) groups is 1. The smallest absolute Gasteiger partial charge is 0.530 e. The number of nitrogens with zero attached hydrogens (tertiary/aromatic N) is 1. The molecule has 0 aromatic heterocycles. The van der Waals surface area contributed by atoms with Crippen molar-refractivity contribution < 1.29 is 28.8 Å². The minimum Gasteiger partial charge on any atom is -0.530 e. The van der Waals surface area contributed by atoms with E-state index in [0.717, 1.165) is 17.7 Å². The van der Waals surface area contributed by atoms with Gasteiger partial charge in [0.25, 0.3) is 0 Å². The predicted molar refractivity (Wildman–Crippen MR) is 42.9 cm³/mol. The zero-order chi connectivity index (χ0) is 8.55. The zero-order valence-corrected chi connectivity index (χ0v) is 7.49. The normalized spacial score (nSPS) is 13.4. The molecule has 13 heavy (non-hydrogen) atoms. The van der Waals surface area contributed by atoms with Gasteiger partial charge in [-0.2, -0.15) is 0 Å². The molecule has 1 amide bonds. The molecule has 0 saturated carbocycles. The second-order valence-electron chi connectivity index (χ2n) is 2.80. The van der Waals surface area contributed by atoms with Crippen molar-refractivity contribution >= 4 is 11.8 Å². The Labute approximate surface area is 88.5 Å². The number of hydrogen-bond donors (Lipinski definition) is 0. The summed E-state index contributed by atoms with van der Waals surface area (Å²) in [6, 6.07) is 7.49. The summed E-state index contributed by atoms with van der Waals surface area (Å²) in [6.07, 6.45) is -0.315. The largest absolute Gasteiger partial charge is 1.00 e. The molecule has 4 heteroatoms. The van der Waals surface area contributed by atoms with Crippen molar-refractivity contribution in [3.05, 3.63) is 29.8 Å². The number of carboxylic acid groups (broad SMARTS) is 1. The summed E-state index contributed by atoms with van der Waals surface area (Å²) >= 11 is 0. The van der Waals surface area contributed by atoms with Crippen molar-refractivity contribution in [3.8, 4) is 0 Å². The van der Waals surface area contributed by atoms with Crippen LogP contribution in [0.1, 0.15) is 5.56 Å². The van der Waals surface area contributed by atoms with Gasteiger partial charge in [-0.25, -0.2) is 0 Å². The molecule has 1 aromatic rings. The van der Waals surface area contributed by atoms with E-state index < -0.39 is 6.09 Å². The van der Waals surface area contributed by atoms with Crippen molar-refractivity contribution in [3.63, 3.8) is 0 Å². The van der Waals surface area contributed by atoms with Gasteiger partial charge < -0.3 is 14.8 Å². The molecule has 0 radical (unpaired) electrons.